The van der Waals surface area contributed by atoms with E-state index in [2.05, 4.69) is 19.1 Å². The van der Waals surface area contributed by atoms with E-state index in [1.165, 1.54) is 32.1 Å². The molecular weight excluding hydrogens is 296 g/mol. The predicted octanol–water partition coefficient (Wildman–Crippen LogP) is 2.18. The van der Waals surface area contributed by atoms with Crippen LogP contribution in [0.2, 0.25) is 0 Å². The van der Waals surface area contributed by atoms with E-state index in [0.717, 1.165) is 19.3 Å². The van der Waals surface area contributed by atoms with E-state index in [1.54, 1.807) is 0 Å². The van der Waals surface area contributed by atoms with E-state index >= 15 is 0 Å². The lowest BCUT2D eigenvalue weighted by Crippen LogP contribution is -2.40. The first kappa shape index (κ1) is 20.6. The Morgan fingerprint density at radius 1 is 1.09 bits per heavy atom. The fourth-order valence-electron chi connectivity index (χ4n) is 2.67. The summed E-state index contributed by atoms with van der Waals surface area (Å²) in [7, 11) is 0. The Bertz CT molecular complexity index is 308. The van der Waals surface area contributed by atoms with E-state index in [0.29, 0.717) is 6.61 Å². The molecule has 1 aliphatic rings. The van der Waals surface area contributed by atoms with Gasteiger partial charge in [0.2, 0.25) is 0 Å². The smallest absolute Gasteiger partial charge is 0.114 e. The molecule has 3 N–H and O–H groups in total. The second-order valence-electron chi connectivity index (χ2n) is 6.31. The van der Waals surface area contributed by atoms with Gasteiger partial charge in [0.25, 0.3) is 0 Å². The molecule has 0 aromatic rings. The standard InChI is InChI=1S/C18H34O5/c1-2-3-4-5-6-7-8-9-10-11-12-22-13-16(20)18-17(21)15(19)14-23-18/h8-9,15-21H,2-7,10-14H2,1H3/b9-8+/t15-,16+,17+,18+/m1/s1. The molecule has 5 nitrogen and oxygen atoms in total. The van der Waals surface area contributed by atoms with Crippen LogP contribution in [0.5, 0.6) is 0 Å². The molecule has 0 aromatic heterocycles. The summed E-state index contributed by atoms with van der Waals surface area (Å²) in [5.41, 5.74) is 0. The molecule has 5 heteroatoms. The van der Waals surface area contributed by atoms with Gasteiger partial charge in [-0.15, -0.1) is 0 Å². The molecule has 1 fully saturated rings. The number of aliphatic hydroxyl groups is 3. The maximum absolute atomic E-state index is 9.86. The zero-order valence-corrected chi connectivity index (χ0v) is 14.4. The lowest BCUT2D eigenvalue weighted by molar-refractivity contribution is -0.0811. The molecule has 0 aromatic carbocycles. The van der Waals surface area contributed by atoms with Crippen LogP contribution < -0.4 is 0 Å². The van der Waals surface area contributed by atoms with Gasteiger partial charge < -0.3 is 24.8 Å². The first-order valence-electron chi connectivity index (χ1n) is 9.05. The molecule has 1 aliphatic heterocycles. The summed E-state index contributed by atoms with van der Waals surface area (Å²) in [6.45, 7) is 2.98. The molecule has 0 amide bonds. The van der Waals surface area contributed by atoms with Crippen LogP contribution >= 0.6 is 0 Å². The molecule has 0 bridgehead atoms. The van der Waals surface area contributed by atoms with Crippen molar-refractivity contribution < 1.29 is 24.8 Å². The molecule has 0 radical (unpaired) electrons. The van der Waals surface area contributed by atoms with Crippen LogP contribution in [0.3, 0.4) is 0 Å². The minimum absolute atomic E-state index is 0.0616. The van der Waals surface area contributed by atoms with E-state index in [4.69, 9.17) is 9.47 Å². The van der Waals surface area contributed by atoms with Gasteiger partial charge >= 0.3 is 0 Å². The highest BCUT2D eigenvalue weighted by atomic mass is 16.5. The quantitative estimate of drug-likeness (QED) is 0.356. The minimum Gasteiger partial charge on any atom is -0.388 e. The third kappa shape index (κ3) is 8.82. The second-order valence-corrected chi connectivity index (χ2v) is 6.31. The van der Waals surface area contributed by atoms with Crippen molar-refractivity contribution in [1.29, 1.82) is 0 Å². The van der Waals surface area contributed by atoms with E-state index < -0.39 is 24.4 Å². The lowest BCUT2D eigenvalue weighted by Gasteiger charge is -2.20. The number of unbranched alkanes of at least 4 members (excludes halogenated alkanes) is 6. The Morgan fingerprint density at radius 3 is 2.43 bits per heavy atom. The van der Waals surface area contributed by atoms with Gasteiger partial charge in [-0.25, -0.2) is 0 Å². The fourth-order valence-corrected chi connectivity index (χ4v) is 2.67. The average molecular weight is 330 g/mol. The van der Waals surface area contributed by atoms with Crippen LogP contribution in [0.15, 0.2) is 12.2 Å². The number of rotatable bonds is 13. The molecule has 0 spiro atoms. The lowest BCUT2D eigenvalue weighted by atomic mass is 10.1. The Labute approximate surface area is 140 Å². The van der Waals surface area contributed by atoms with Crippen molar-refractivity contribution in [3.63, 3.8) is 0 Å². The van der Waals surface area contributed by atoms with Crippen molar-refractivity contribution in [2.75, 3.05) is 19.8 Å². The van der Waals surface area contributed by atoms with Crippen LogP contribution in [0.4, 0.5) is 0 Å². The number of allylic oxidation sites excluding steroid dienone is 2. The van der Waals surface area contributed by atoms with Crippen LogP contribution in [0.1, 0.15) is 58.3 Å². The SMILES string of the molecule is CCCCCCC/C=C/CCCOC[C@H](O)[C@@H]1OC[C@@H](O)[C@@H]1O. The largest absolute Gasteiger partial charge is 0.388 e. The summed E-state index contributed by atoms with van der Waals surface area (Å²) in [5.74, 6) is 0. The van der Waals surface area contributed by atoms with Gasteiger partial charge in [-0.3, -0.25) is 0 Å². The van der Waals surface area contributed by atoms with Crippen molar-refractivity contribution in [1.82, 2.24) is 0 Å². The van der Waals surface area contributed by atoms with E-state index in [-0.39, 0.29) is 13.2 Å². The first-order chi connectivity index (χ1) is 11.2. The molecule has 1 heterocycles. The van der Waals surface area contributed by atoms with Crippen molar-refractivity contribution in [2.24, 2.45) is 0 Å². The average Bonchev–Trinajstić information content (AvgIpc) is 2.88. The fraction of sp³-hybridized carbons (Fsp3) is 0.889. The Balaban J connectivity index is 1.91. The Hall–Kier alpha value is -0.460. The van der Waals surface area contributed by atoms with E-state index in [1.807, 2.05) is 0 Å². The maximum Gasteiger partial charge on any atom is 0.114 e. The van der Waals surface area contributed by atoms with Crippen LogP contribution in [0.25, 0.3) is 0 Å². The van der Waals surface area contributed by atoms with Crippen molar-refractivity contribution in [3.05, 3.63) is 12.2 Å². The Morgan fingerprint density at radius 2 is 1.78 bits per heavy atom. The highest BCUT2D eigenvalue weighted by Gasteiger charge is 2.39. The summed E-state index contributed by atoms with van der Waals surface area (Å²) < 4.78 is 10.6. The zero-order chi connectivity index (χ0) is 16.9. The molecular formula is C18H34O5. The number of aliphatic hydroxyl groups excluding tert-OH is 3. The van der Waals surface area contributed by atoms with Crippen LogP contribution in [-0.4, -0.2) is 59.6 Å². The highest BCUT2D eigenvalue weighted by molar-refractivity contribution is 4.87. The third-order valence-electron chi connectivity index (χ3n) is 4.16. The summed E-state index contributed by atoms with van der Waals surface area (Å²) in [6.07, 6.45) is 10.4. The predicted molar refractivity (Wildman–Crippen MR) is 90.3 cm³/mol. The first-order valence-corrected chi connectivity index (χ1v) is 9.05. The van der Waals surface area contributed by atoms with Crippen LogP contribution in [0, 0.1) is 0 Å². The number of hydrogen-bond donors (Lipinski definition) is 3. The number of hydrogen-bond acceptors (Lipinski definition) is 5. The van der Waals surface area contributed by atoms with Gasteiger partial charge in [0.05, 0.1) is 13.2 Å². The molecule has 0 aliphatic carbocycles. The summed E-state index contributed by atoms with van der Waals surface area (Å²) >= 11 is 0. The number of ether oxygens (including phenoxy) is 2. The molecule has 1 rings (SSSR count). The van der Waals surface area contributed by atoms with Gasteiger partial charge in [0.15, 0.2) is 0 Å². The molecule has 4 atom stereocenters. The molecule has 0 saturated carbocycles. The normalized spacial score (nSPS) is 26.2. The van der Waals surface area contributed by atoms with Gasteiger partial charge in [-0.1, -0.05) is 44.8 Å². The summed E-state index contributed by atoms with van der Waals surface area (Å²) in [5, 5.41) is 28.8. The molecule has 136 valence electrons. The maximum atomic E-state index is 9.86. The molecule has 1 saturated heterocycles. The molecule has 23 heavy (non-hydrogen) atoms. The van der Waals surface area contributed by atoms with Gasteiger partial charge in [-0.2, -0.15) is 0 Å². The summed E-state index contributed by atoms with van der Waals surface area (Å²) in [6, 6.07) is 0. The van der Waals surface area contributed by atoms with Crippen molar-refractivity contribution in [2.45, 2.75) is 82.7 Å². The Kier molecular flexibility index (Phi) is 11.5. The monoisotopic (exact) mass is 330 g/mol. The van der Waals surface area contributed by atoms with Gasteiger partial charge in [0.1, 0.15) is 24.4 Å². The topological polar surface area (TPSA) is 79.2 Å². The van der Waals surface area contributed by atoms with Crippen molar-refractivity contribution >= 4 is 0 Å². The molecule has 0 unspecified atom stereocenters. The van der Waals surface area contributed by atoms with Crippen molar-refractivity contribution in [3.8, 4) is 0 Å². The summed E-state index contributed by atoms with van der Waals surface area (Å²) in [4.78, 5) is 0. The minimum atomic E-state index is -1.03. The van der Waals surface area contributed by atoms with Gasteiger partial charge in [0, 0.05) is 6.61 Å². The third-order valence-corrected chi connectivity index (χ3v) is 4.16. The second kappa shape index (κ2) is 12.9. The highest BCUT2D eigenvalue weighted by Crippen LogP contribution is 2.17. The van der Waals surface area contributed by atoms with E-state index in [9.17, 15) is 15.3 Å². The van der Waals surface area contributed by atoms with Gasteiger partial charge in [-0.05, 0) is 25.7 Å². The van der Waals surface area contributed by atoms with Crippen LogP contribution in [-0.2, 0) is 9.47 Å². The zero-order valence-electron chi connectivity index (χ0n) is 14.4.